The fourth-order valence-electron chi connectivity index (χ4n) is 1.58. The van der Waals surface area contributed by atoms with Crippen LogP contribution in [0.15, 0.2) is 38.6 Å². The van der Waals surface area contributed by atoms with Gasteiger partial charge in [0.05, 0.1) is 14.2 Å². The number of hydrogen-bond donors (Lipinski definition) is 0. The van der Waals surface area contributed by atoms with Gasteiger partial charge in [0, 0.05) is 4.47 Å². The molecular weight excluding hydrogens is 382 g/mol. The van der Waals surface area contributed by atoms with Crippen LogP contribution < -0.4 is 0 Å². The summed E-state index contributed by atoms with van der Waals surface area (Å²) in [4.78, 5) is 12.9. The van der Waals surface area contributed by atoms with E-state index in [1.165, 1.54) is 16.0 Å². The molecule has 3 aromatic rings. The molecule has 0 amide bonds. The van der Waals surface area contributed by atoms with Crippen molar-refractivity contribution in [2.75, 3.05) is 0 Å². The van der Waals surface area contributed by atoms with E-state index in [1.807, 2.05) is 24.3 Å². The quantitative estimate of drug-likeness (QED) is 0.640. The van der Waals surface area contributed by atoms with E-state index in [0.29, 0.717) is 15.9 Å². The number of thiophene rings is 1. The standard InChI is InChI=1S/C11H5Br2N3OS/c12-6-5-9(18-10(6)13)11(17)16-8-4-2-1-3-7(8)14-15-16/h1-5H. The van der Waals surface area contributed by atoms with Gasteiger partial charge in [-0.1, -0.05) is 17.3 Å². The minimum Gasteiger partial charge on any atom is -0.266 e. The Balaban J connectivity index is 2.12. The summed E-state index contributed by atoms with van der Waals surface area (Å²) in [7, 11) is 0. The van der Waals surface area contributed by atoms with E-state index in [9.17, 15) is 4.79 Å². The van der Waals surface area contributed by atoms with Crippen molar-refractivity contribution in [2.45, 2.75) is 0 Å². The van der Waals surface area contributed by atoms with Crippen LogP contribution in [0.3, 0.4) is 0 Å². The van der Waals surface area contributed by atoms with E-state index in [1.54, 1.807) is 6.07 Å². The first kappa shape index (κ1) is 12.0. The molecule has 4 nitrogen and oxygen atoms in total. The van der Waals surface area contributed by atoms with Gasteiger partial charge in [-0.2, -0.15) is 4.68 Å². The predicted octanol–water partition coefficient (Wildman–Crippen LogP) is 3.71. The Morgan fingerprint density at radius 1 is 1.28 bits per heavy atom. The Morgan fingerprint density at radius 2 is 2.06 bits per heavy atom. The lowest BCUT2D eigenvalue weighted by atomic mass is 10.3. The fraction of sp³-hybridized carbons (Fsp3) is 0. The van der Waals surface area contributed by atoms with Crippen LogP contribution in [0.2, 0.25) is 0 Å². The van der Waals surface area contributed by atoms with E-state index < -0.39 is 0 Å². The summed E-state index contributed by atoms with van der Waals surface area (Å²) in [5.41, 5.74) is 1.42. The highest BCUT2D eigenvalue weighted by molar-refractivity contribution is 9.13. The zero-order valence-corrected chi connectivity index (χ0v) is 12.8. The van der Waals surface area contributed by atoms with Crippen LogP contribution in [0.4, 0.5) is 0 Å². The normalized spacial score (nSPS) is 11.0. The molecule has 7 heteroatoms. The number of hydrogen-bond acceptors (Lipinski definition) is 4. The van der Waals surface area contributed by atoms with E-state index in [2.05, 4.69) is 42.2 Å². The molecule has 0 saturated heterocycles. The van der Waals surface area contributed by atoms with Crippen LogP contribution in [0, 0.1) is 0 Å². The molecule has 1 aromatic carbocycles. The fourth-order valence-corrected chi connectivity index (χ4v) is 3.54. The highest BCUT2D eigenvalue weighted by Gasteiger charge is 2.17. The van der Waals surface area contributed by atoms with Crippen molar-refractivity contribution in [3.8, 4) is 0 Å². The van der Waals surface area contributed by atoms with Crippen LogP contribution in [0.25, 0.3) is 11.0 Å². The lowest BCUT2D eigenvalue weighted by Crippen LogP contribution is -2.12. The predicted molar refractivity (Wildman–Crippen MR) is 77.0 cm³/mol. The molecule has 0 radical (unpaired) electrons. The Hall–Kier alpha value is -1.05. The number of rotatable bonds is 1. The summed E-state index contributed by atoms with van der Waals surface area (Å²) in [6.45, 7) is 0. The van der Waals surface area contributed by atoms with Crippen LogP contribution in [-0.2, 0) is 0 Å². The molecule has 0 atom stereocenters. The average Bonchev–Trinajstić information content (AvgIpc) is 2.93. The Labute approximate surface area is 123 Å². The van der Waals surface area contributed by atoms with Crippen LogP contribution in [0.5, 0.6) is 0 Å². The molecule has 2 aromatic heterocycles. The van der Waals surface area contributed by atoms with Crippen molar-refractivity contribution in [2.24, 2.45) is 0 Å². The van der Waals surface area contributed by atoms with Crippen molar-refractivity contribution in [3.05, 3.63) is 43.5 Å². The lowest BCUT2D eigenvalue weighted by Gasteiger charge is -1.97. The highest BCUT2D eigenvalue weighted by Crippen LogP contribution is 2.32. The molecule has 0 saturated carbocycles. The van der Waals surface area contributed by atoms with Gasteiger partial charge < -0.3 is 0 Å². The largest absolute Gasteiger partial charge is 0.290 e. The third kappa shape index (κ3) is 1.92. The molecule has 0 aliphatic heterocycles. The molecule has 0 aliphatic rings. The number of para-hydroxylation sites is 1. The number of fused-ring (bicyclic) bond motifs is 1. The van der Waals surface area contributed by atoms with Crippen LogP contribution in [-0.4, -0.2) is 20.9 Å². The van der Waals surface area contributed by atoms with Gasteiger partial charge in [-0.15, -0.1) is 16.4 Å². The number of benzene rings is 1. The second kappa shape index (κ2) is 4.56. The topological polar surface area (TPSA) is 47.8 Å². The summed E-state index contributed by atoms with van der Waals surface area (Å²) < 4.78 is 3.07. The second-order valence-electron chi connectivity index (χ2n) is 3.53. The molecule has 0 spiro atoms. The number of aromatic nitrogens is 3. The van der Waals surface area contributed by atoms with Crippen LogP contribution in [0.1, 0.15) is 9.67 Å². The Morgan fingerprint density at radius 3 is 2.78 bits per heavy atom. The lowest BCUT2D eigenvalue weighted by molar-refractivity contribution is 0.0952. The van der Waals surface area contributed by atoms with Crippen molar-refractivity contribution < 1.29 is 4.79 Å². The first-order chi connectivity index (χ1) is 8.66. The molecule has 0 bridgehead atoms. The molecule has 2 heterocycles. The summed E-state index contributed by atoms with van der Waals surface area (Å²) in [5, 5.41) is 7.87. The van der Waals surface area contributed by atoms with Gasteiger partial charge in [0.25, 0.3) is 5.91 Å². The van der Waals surface area contributed by atoms with E-state index in [0.717, 1.165) is 8.26 Å². The summed E-state index contributed by atoms with van der Waals surface area (Å²) in [5.74, 6) is -0.180. The van der Waals surface area contributed by atoms with Crippen molar-refractivity contribution >= 4 is 60.1 Å². The molecule has 3 rings (SSSR count). The minimum absolute atomic E-state index is 0.180. The molecule has 0 unspecified atom stereocenters. The number of nitrogens with zero attached hydrogens (tertiary/aromatic N) is 3. The molecule has 18 heavy (non-hydrogen) atoms. The van der Waals surface area contributed by atoms with Gasteiger partial charge >= 0.3 is 0 Å². The van der Waals surface area contributed by atoms with Gasteiger partial charge in [0.2, 0.25) is 0 Å². The van der Waals surface area contributed by atoms with Crippen molar-refractivity contribution in [1.29, 1.82) is 0 Å². The SMILES string of the molecule is O=C(c1cc(Br)c(Br)s1)n1nnc2ccccc21. The van der Waals surface area contributed by atoms with Crippen molar-refractivity contribution in [1.82, 2.24) is 15.0 Å². The van der Waals surface area contributed by atoms with Crippen molar-refractivity contribution in [3.63, 3.8) is 0 Å². The number of carbonyl (C=O) groups is 1. The van der Waals surface area contributed by atoms with Gasteiger partial charge in [0.1, 0.15) is 5.52 Å². The molecular formula is C11H5Br2N3OS. The number of halogens is 2. The molecule has 0 aliphatic carbocycles. The van der Waals surface area contributed by atoms with Gasteiger partial charge in [-0.05, 0) is 50.1 Å². The second-order valence-corrected chi connectivity index (χ2v) is 6.75. The molecule has 0 N–H and O–H groups in total. The molecule has 0 fully saturated rings. The smallest absolute Gasteiger partial charge is 0.266 e. The summed E-state index contributed by atoms with van der Waals surface area (Å²) in [6, 6.07) is 9.14. The van der Waals surface area contributed by atoms with E-state index in [4.69, 9.17) is 0 Å². The summed E-state index contributed by atoms with van der Waals surface area (Å²) in [6.07, 6.45) is 0. The monoisotopic (exact) mass is 385 g/mol. The maximum atomic E-state index is 12.3. The third-order valence-electron chi connectivity index (χ3n) is 2.40. The minimum atomic E-state index is -0.180. The Kier molecular flexibility index (Phi) is 3.04. The zero-order chi connectivity index (χ0) is 12.7. The number of carbonyl (C=O) groups excluding carboxylic acids is 1. The first-order valence-electron chi connectivity index (χ1n) is 4.97. The zero-order valence-electron chi connectivity index (χ0n) is 8.80. The maximum Gasteiger partial charge on any atom is 0.290 e. The van der Waals surface area contributed by atoms with E-state index in [-0.39, 0.29) is 5.91 Å². The van der Waals surface area contributed by atoms with Crippen LogP contribution >= 0.6 is 43.2 Å². The Bertz CT molecular complexity index is 730. The highest BCUT2D eigenvalue weighted by atomic mass is 79.9. The van der Waals surface area contributed by atoms with Gasteiger partial charge in [-0.3, -0.25) is 4.79 Å². The first-order valence-corrected chi connectivity index (χ1v) is 7.37. The average molecular weight is 387 g/mol. The van der Waals surface area contributed by atoms with Gasteiger partial charge in [0.15, 0.2) is 0 Å². The third-order valence-corrected chi connectivity index (χ3v) is 5.64. The summed E-state index contributed by atoms with van der Waals surface area (Å²) >= 11 is 8.10. The van der Waals surface area contributed by atoms with Gasteiger partial charge in [-0.25, -0.2) is 0 Å². The van der Waals surface area contributed by atoms with E-state index >= 15 is 0 Å². The maximum absolute atomic E-state index is 12.3. The molecule has 90 valence electrons.